The molecule has 2 aromatic carbocycles. The van der Waals surface area contributed by atoms with Gasteiger partial charge in [-0.15, -0.1) is 0 Å². The first kappa shape index (κ1) is 22.9. The predicted octanol–water partition coefficient (Wildman–Crippen LogP) is 1.64. The predicted molar refractivity (Wildman–Crippen MR) is 108 cm³/mol. The van der Waals surface area contributed by atoms with Crippen LogP contribution in [0.1, 0.15) is 12.5 Å². The first-order valence-electron chi connectivity index (χ1n) is 9.32. The number of nitrogens with one attached hydrogen (secondary N) is 1. The number of esters is 3. The summed E-state index contributed by atoms with van der Waals surface area (Å²) in [5, 5.41) is 4.60. The van der Waals surface area contributed by atoms with Crippen LogP contribution in [0.3, 0.4) is 0 Å². The molecule has 0 saturated carbocycles. The molecule has 2 aromatic rings. The van der Waals surface area contributed by atoms with Gasteiger partial charge in [0, 0.05) is 5.92 Å². The van der Waals surface area contributed by atoms with E-state index in [9.17, 15) is 19.2 Å². The fourth-order valence-electron chi connectivity index (χ4n) is 3.26. The van der Waals surface area contributed by atoms with Crippen LogP contribution >= 0.6 is 0 Å². The molecule has 1 N–H and O–H groups in total. The molecule has 160 valence electrons. The van der Waals surface area contributed by atoms with Crippen molar-refractivity contribution in [2.24, 2.45) is 11.8 Å². The normalized spacial score (nSPS) is 12.7. The summed E-state index contributed by atoms with van der Waals surface area (Å²) in [4.78, 5) is 49.1. The lowest BCUT2D eigenvalue weighted by Crippen LogP contribution is -2.51. The van der Waals surface area contributed by atoms with Gasteiger partial charge in [0.1, 0.15) is 6.04 Å². The van der Waals surface area contributed by atoms with E-state index in [0.29, 0.717) is 0 Å². The van der Waals surface area contributed by atoms with E-state index in [-0.39, 0.29) is 6.42 Å². The van der Waals surface area contributed by atoms with E-state index in [1.54, 1.807) is 0 Å². The molecule has 30 heavy (non-hydrogen) atoms. The summed E-state index contributed by atoms with van der Waals surface area (Å²) < 4.78 is 14.1. The van der Waals surface area contributed by atoms with E-state index >= 15 is 0 Å². The molecule has 0 unspecified atom stereocenters. The van der Waals surface area contributed by atoms with Crippen LogP contribution in [0.2, 0.25) is 0 Å². The number of methoxy groups -OCH3 is 3. The van der Waals surface area contributed by atoms with Crippen molar-refractivity contribution in [1.82, 2.24) is 5.32 Å². The lowest BCUT2D eigenvalue weighted by molar-refractivity contribution is -0.163. The summed E-state index contributed by atoms with van der Waals surface area (Å²) in [6.07, 6.45) is 0.00611. The Labute approximate surface area is 174 Å². The summed E-state index contributed by atoms with van der Waals surface area (Å²) in [6.45, 7) is 1.47. The second-order valence-electron chi connectivity index (χ2n) is 6.81. The first-order valence-corrected chi connectivity index (χ1v) is 9.32. The average Bonchev–Trinajstić information content (AvgIpc) is 2.76. The van der Waals surface area contributed by atoms with Gasteiger partial charge in [-0.05, 0) is 16.3 Å². The highest BCUT2D eigenvalue weighted by Gasteiger charge is 2.42. The van der Waals surface area contributed by atoms with Crippen molar-refractivity contribution in [3.63, 3.8) is 0 Å². The monoisotopic (exact) mass is 415 g/mol. The minimum atomic E-state index is -1.40. The summed E-state index contributed by atoms with van der Waals surface area (Å²) in [7, 11) is 3.40. The topological polar surface area (TPSA) is 108 Å². The highest BCUT2D eigenvalue weighted by molar-refractivity contribution is 5.96. The van der Waals surface area contributed by atoms with E-state index < -0.39 is 41.7 Å². The molecular weight excluding hydrogens is 390 g/mol. The van der Waals surface area contributed by atoms with Crippen molar-refractivity contribution >= 4 is 34.6 Å². The Morgan fingerprint density at radius 1 is 0.833 bits per heavy atom. The van der Waals surface area contributed by atoms with Crippen LogP contribution in [-0.4, -0.2) is 51.2 Å². The van der Waals surface area contributed by atoms with Gasteiger partial charge in [-0.3, -0.25) is 14.4 Å². The number of fused-ring (bicyclic) bond motifs is 1. The van der Waals surface area contributed by atoms with Crippen molar-refractivity contribution in [3.05, 3.63) is 48.0 Å². The number of ether oxygens (including phenoxy) is 3. The SMILES string of the molecule is COC(=O)C(C(=O)OC)[C@H](C)[C@@H](NC(=O)Cc1ccc2ccccc2c1)C(=O)OC. The van der Waals surface area contributed by atoms with Crippen molar-refractivity contribution in [1.29, 1.82) is 0 Å². The molecule has 0 aromatic heterocycles. The van der Waals surface area contributed by atoms with Crippen LogP contribution in [0.5, 0.6) is 0 Å². The van der Waals surface area contributed by atoms with Gasteiger partial charge in [0.15, 0.2) is 5.92 Å². The summed E-state index contributed by atoms with van der Waals surface area (Å²) >= 11 is 0. The minimum absolute atomic E-state index is 0.00611. The molecule has 0 bridgehead atoms. The number of hydrogen-bond donors (Lipinski definition) is 1. The van der Waals surface area contributed by atoms with Crippen LogP contribution in [0.25, 0.3) is 10.8 Å². The third-order valence-corrected chi connectivity index (χ3v) is 4.91. The number of rotatable bonds is 8. The van der Waals surface area contributed by atoms with Crippen molar-refractivity contribution in [3.8, 4) is 0 Å². The maximum Gasteiger partial charge on any atom is 0.328 e. The summed E-state index contributed by atoms with van der Waals surface area (Å²) in [6, 6.07) is 12.1. The maximum atomic E-state index is 12.6. The van der Waals surface area contributed by atoms with E-state index in [0.717, 1.165) is 37.7 Å². The maximum absolute atomic E-state index is 12.6. The molecule has 2 rings (SSSR count). The van der Waals surface area contributed by atoms with Crippen LogP contribution in [-0.2, 0) is 39.8 Å². The molecular formula is C22H25NO7. The second-order valence-corrected chi connectivity index (χ2v) is 6.81. The third kappa shape index (κ3) is 5.34. The molecule has 0 aliphatic heterocycles. The number of hydrogen-bond acceptors (Lipinski definition) is 7. The number of benzene rings is 2. The average molecular weight is 415 g/mol. The number of carbonyl (C=O) groups excluding carboxylic acids is 4. The Bertz CT molecular complexity index is 924. The Morgan fingerprint density at radius 3 is 1.97 bits per heavy atom. The van der Waals surface area contributed by atoms with Crippen molar-refractivity contribution in [2.45, 2.75) is 19.4 Å². The van der Waals surface area contributed by atoms with Gasteiger partial charge in [0.2, 0.25) is 5.91 Å². The molecule has 8 nitrogen and oxygen atoms in total. The molecule has 0 saturated heterocycles. The van der Waals surface area contributed by atoms with E-state index in [1.807, 2.05) is 42.5 Å². The summed E-state index contributed by atoms with van der Waals surface area (Å²) in [5.74, 6) is -5.34. The van der Waals surface area contributed by atoms with E-state index in [4.69, 9.17) is 4.74 Å². The Morgan fingerprint density at radius 2 is 1.40 bits per heavy atom. The van der Waals surface area contributed by atoms with Crippen LogP contribution in [0.15, 0.2) is 42.5 Å². The van der Waals surface area contributed by atoms with E-state index in [1.165, 1.54) is 6.92 Å². The van der Waals surface area contributed by atoms with Crippen LogP contribution in [0.4, 0.5) is 0 Å². The van der Waals surface area contributed by atoms with Gasteiger partial charge in [0.05, 0.1) is 27.8 Å². The highest BCUT2D eigenvalue weighted by Crippen LogP contribution is 2.21. The minimum Gasteiger partial charge on any atom is -0.468 e. The number of amides is 1. The smallest absolute Gasteiger partial charge is 0.328 e. The van der Waals surface area contributed by atoms with Crippen molar-refractivity contribution in [2.75, 3.05) is 21.3 Å². The summed E-state index contributed by atoms with van der Waals surface area (Å²) in [5.41, 5.74) is 0.750. The molecule has 0 aliphatic carbocycles. The quantitative estimate of drug-likeness (QED) is 0.397. The van der Waals surface area contributed by atoms with Crippen LogP contribution in [0, 0.1) is 11.8 Å². The molecule has 0 radical (unpaired) electrons. The van der Waals surface area contributed by atoms with Gasteiger partial charge >= 0.3 is 17.9 Å². The lowest BCUT2D eigenvalue weighted by atomic mass is 9.87. The Kier molecular flexibility index (Phi) is 7.91. The molecule has 8 heteroatoms. The second kappa shape index (κ2) is 10.4. The molecule has 0 heterocycles. The van der Waals surface area contributed by atoms with Gasteiger partial charge < -0.3 is 19.5 Å². The van der Waals surface area contributed by atoms with Crippen molar-refractivity contribution < 1.29 is 33.4 Å². The zero-order valence-corrected chi connectivity index (χ0v) is 17.3. The third-order valence-electron chi connectivity index (χ3n) is 4.91. The van der Waals surface area contributed by atoms with E-state index in [2.05, 4.69) is 14.8 Å². The Balaban J connectivity index is 2.21. The van der Waals surface area contributed by atoms with Gasteiger partial charge in [0.25, 0.3) is 0 Å². The standard InChI is InChI=1S/C22H25NO7/c1-13(18(20(25)28-2)21(26)29-3)19(22(27)30-4)23-17(24)12-14-9-10-15-7-5-6-8-16(15)11-14/h5-11,13,18-19H,12H2,1-4H3,(H,23,24)/t13-,19+/m0/s1. The largest absolute Gasteiger partial charge is 0.468 e. The molecule has 0 fully saturated rings. The van der Waals surface area contributed by atoms with Gasteiger partial charge in [-0.25, -0.2) is 4.79 Å². The zero-order valence-electron chi connectivity index (χ0n) is 17.3. The first-order chi connectivity index (χ1) is 14.3. The molecule has 0 aliphatic rings. The van der Waals surface area contributed by atoms with Crippen LogP contribution < -0.4 is 5.32 Å². The zero-order chi connectivity index (χ0) is 22.3. The van der Waals surface area contributed by atoms with Gasteiger partial charge in [-0.1, -0.05) is 49.4 Å². The molecule has 2 atom stereocenters. The Hall–Kier alpha value is -3.42. The number of carbonyl (C=O) groups is 4. The fourth-order valence-corrected chi connectivity index (χ4v) is 3.26. The lowest BCUT2D eigenvalue weighted by Gasteiger charge is -2.27. The molecule has 0 spiro atoms. The highest BCUT2D eigenvalue weighted by atomic mass is 16.5. The fraction of sp³-hybridized carbons (Fsp3) is 0.364. The van der Waals surface area contributed by atoms with Gasteiger partial charge in [-0.2, -0.15) is 0 Å². The molecule has 1 amide bonds.